The molecule has 4 aromatic rings. The Labute approximate surface area is 181 Å². The minimum atomic E-state index is 0.124. The molecule has 1 aliphatic heterocycles. The van der Waals surface area contributed by atoms with E-state index in [1.165, 1.54) is 5.56 Å². The standard InChI is InChI=1S/C24H25N5O2/c1-2-29-16-18(14-25-29)15-28-13-12-20(17-28)30-22-11-7-6-10-21(22)24-26-23(27-31-24)19-8-4-3-5-9-19/h3-11,14,16,20H,2,12-13,15,17H2,1H3. The van der Waals surface area contributed by atoms with E-state index < -0.39 is 0 Å². The van der Waals surface area contributed by atoms with Gasteiger partial charge in [-0.15, -0.1) is 0 Å². The minimum Gasteiger partial charge on any atom is -0.488 e. The summed E-state index contributed by atoms with van der Waals surface area (Å²) in [5.41, 5.74) is 2.98. The van der Waals surface area contributed by atoms with Gasteiger partial charge < -0.3 is 9.26 Å². The van der Waals surface area contributed by atoms with Gasteiger partial charge in [-0.1, -0.05) is 47.6 Å². The molecule has 0 bridgehead atoms. The van der Waals surface area contributed by atoms with Gasteiger partial charge in [-0.05, 0) is 25.5 Å². The van der Waals surface area contributed by atoms with E-state index in [1.54, 1.807) is 0 Å². The van der Waals surface area contributed by atoms with Crippen LogP contribution in [0.15, 0.2) is 71.5 Å². The van der Waals surface area contributed by atoms with Crippen molar-refractivity contribution < 1.29 is 9.26 Å². The van der Waals surface area contributed by atoms with Crippen molar-refractivity contribution in [2.75, 3.05) is 13.1 Å². The highest BCUT2D eigenvalue weighted by Crippen LogP contribution is 2.32. The average Bonchev–Trinajstić information content (AvgIpc) is 3.56. The van der Waals surface area contributed by atoms with Gasteiger partial charge in [-0.25, -0.2) is 0 Å². The fourth-order valence-electron chi connectivity index (χ4n) is 3.92. The van der Waals surface area contributed by atoms with Gasteiger partial charge in [0.2, 0.25) is 5.82 Å². The Morgan fingerprint density at radius 1 is 1.10 bits per heavy atom. The average molecular weight is 415 g/mol. The van der Waals surface area contributed by atoms with Crippen LogP contribution in [0.5, 0.6) is 5.75 Å². The monoisotopic (exact) mass is 415 g/mol. The lowest BCUT2D eigenvalue weighted by Crippen LogP contribution is -2.24. The summed E-state index contributed by atoms with van der Waals surface area (Å²) < 4.78 is 13.9. The van der Waals surface area contributed by atoms with E-state index >= 15 is 0 Å². The highest BCUT2D eigenvalue weighted by molar-refractivity contribution is 5.65. The summed E-state index contributed by atoms with van der Waals surface area (Å²) in [5, 5.41) is 8.51. The van der Waals surface area contributed by atoms with Gasteiger partial charge >= 0.3 is 0 Å². The summed E-state index contributed by atoms with van der Waals surface area (Å²) in [6.07, 6.45) is 5.17. The third kappa shape index (κ3) is 4.36. The zero-order valence-electron chi connectivity index (χ0n) is 17.5. The van der Waals surface area contributed by atoms with E-state index in [-0.39, 0.29) is 6.10 Å². The van der Waals surface area contributed by atoms with Crippen molar-refractivity contribution in [3.05, 3.63) is 72.6 Å². The smallest absolute Gasteiger partial charge is 0.262 e. The number of para-hydroxylation sites is 1. The van der Waals surface area contributed by atoms with Crippen LogP contribution in [0.2, 0.25) is 0 Å². The summed E-state index contributed by atoms with van der Waals surface area (Å²) in [6, 6.07) is 17.7. The maximum Gasteiger partial charge on any atom is 0.262 e. The first kappa shape index (κ1) is 19.5. The van der Waals surface area contributed by atoms with Crippen molar-refractivity contribution in [3.8, 4) is 28.6 Å². The van der Waals surface area contributed by atoms with Gasteiger partial charge in [0.15, 0.2) is 0 Å². The number of likely N-dealkylation sites (tertiary alicyclic amines) is 1. The number of aryl methyl sites for hydroxylation is 1. The summed E-state index contributed by atoms with van der Waals surface area (Å²) in [6.45, 7) is 5.77. The van der Waals surface area contributed by atoms with Crippen molar-refractivity contribution in [1.29, 1.82) is 0 Å². The molecule has 0 spiro atoms. The van der Waals surface area contributed by atoms with Gasteiger partial charge in [0.05, 0.1) is 11.8 Å². The Kier molecular flexibility index (Phi) is 5.50. The van der Waals surface area contributed by atoms with Crippen LogP contribution in [0.4, 0.5) is 0 Å². The van der Waals surface area contributed by atoms with E-state index in [2.05, 4.69) is 33.3 Å². The first-order valence-corrected chi connectivity index (χ1v) is 10.7. The summed E-state index contributed by atoms with van der Waals surface area (Å²) >= 11 is 0. The fourth-order valence-corrected chi connectivity index (χ4v) is 3.92. The maximum atomic E-state index is 6.38. The number of benzene rings is 2. The third-order valence-corrected chi connectivity index (χ3v) is 5.52. The summed E-state index contributed by atoms with van der Waals surface area (Å²) in [7, 11) is 0. The third-order valence-electron chi connectivity index (χ3n) is 5.52. The van der Waals surface area contributed by atoms with Crippen molar-refractivity contribution in [2.45, 2.75) is 32.5 Å². The van der Waals surface area contributed by atoms with E-state index in [0.717, 1.165) is 49.5 Å². The number of rotatable bonds is 7. The lowest BCUT2D eigenvalue weighted by atomic mass is 10.2. The van der Waals surface area contributed by atoms with Gasteiger partial charge in [-0.2, -0.15) is 10.1 Å². The van der Waals surface area contributed by atoms with Crippen LogP contribution in [0.1, 0.15) is 18.9 Å². The van der Waals surface area contributed by atoms with Gasteiger partial charge in [0.1, 0.15) is 11.9 Å². The molecule has 0 aliphatic carbocycles. The Morgan fingerprint density at radius 3 is 2.77 bits per heavy atom. The predicted octanol–water partition coefficient (Wildman–Crippen LogP) is 4.27. The lowest BCUT2D eigenvalue weighted by Gasteiger charge is -2.17. The SMILES string of the molecule is CCn1cc(CN2CCC(Oc3ccccc3-c3nc(-c4ccccc4)no3)C2)cn1. The van der Waals surface area contributed by atoms with Gasteiger partial charge in [0.25, 0.3) is 5.89 Å². The van der Waals surface area contributed by atoms with Crippen molar-refractivity contribution >= 4 is 0 Å². The molecule has 31 heavy (non-hydrogen) atoms. The molecule has 3 heterocycles. The van der Waals surface area contributed by atoms with Gasteiger partial charge in [0, 0.05) is 43.5 Å². The van der Waals surface area contributed by atoms with Crippen LogP contribution < -0.4 is 4.74 Å². The van der Waals surface area contributed by atoms with Crippen LogP contribution in [-0.4, -0.2) is 44.0 Å². The van der Waals surface area contributed by atoms with Crippen LogP contribution in [-0.2, 0) is 13.1 Å². The molecule has 0 radical (unpaired) electrons. The predicted molar refractivity (Wildman–Crippen MR) is 117 cm³/mol. The molecule has 2 aromatic carbocycles. The molecule has 1 atom stereocenters. The van der Waals surface area contributed by atoms with Crippen molar-refractivity contribution in [2.24, 2.45) is 0 Å². The quantitative estimate of drug-likeness (QED) is 0.449. The number of hydrogen-bond acceptors (Lipinski definition) is 6. The van der Waals surface area contributed by atoms with E-state index in [9.17, 15) is 0 Å². The highest BCUT2D eigenvalue weighted by Gasteiger charge is 2.26. The van der Waals surface area contributed by atoms with Crippen LogP contribution in [0, 0.1) is 0 Å². The Balaban J connectivity index is 1.28. The number of nitrogens with zero attached hydrogens (tertiary/aromatic N) is 5. The molecule has 1 aliphatic rings. The Bertz CT molecular complexity index is 1140. The molecule has 0 saturated carbocycles. The minimum absolute atomic E-state index is 0.124. The molecule has 5 rings (SSSR count). The van der Waals surface area contributed by atoms with Crippen LogP contribution >= 0.6 is 0 Å². The molecule has 1 unspecified atom stereocenters. The first-order chi connectivity index (χ1) is 15.3. The summed E-state index contributed by atoms with van der Waals surface area (Å²) in [4.78, 5) is 7.00. The zero-order valence-corrected chi connectivity index (χ0v) is 17.5. The second-order valence-electron chi connectivity index (χ2n) is 7.75. The van der Waals surface area contributed by atoms with E-state index in [0.29, 0.717) is 11.7 Å². The van der Waals surface area contributed by atoms with Crippen LogP contribution in [0.3, 0.4) is 0 Å². The molecule has 1 saturated heterocycles. The maximum absolute atomic E-state index is 6.38. The Morgan fingerprint density at radius 2 is 1.94 bits per heavy atom. The molecule has 0 amide bonds. The highest BCUT2D eigenvalue weighted by atomic mass is 16.5. The van der Waals surface area contributed by atoms with E-state index in [4.69, 9.17) is 9.26 Å². The van der Waals surface area contributed by atoms with E-state index in [1.807, 2.05) is 65.5 Å². The number of ether oxygens (including phenoxy) is 1. The van der Waals surface area contributed by atoms with Gasteiger partial charge in [-0.3, -0.25) is 9.58 Å². The normalized spacial score (nSPS) is 16.6. The molecule has 7 nitrogen and oxygen atoms in total. The molecule has 1 fully saturated rings. The zero-order chi connectivity index (χ0) is 21.0. The molecule has 158 valence electrons. The summed E-state index contributed by atoms with van der Waals surface area (Å²) in [5.74, 6) is 1.82. The Hall–Kier alpha value is -3.45. The number of hydrogen-bond donors (Lipinski definition) is 0. The molecule has 2 aromatic heterocycles. The molecular weight excluding hydrogens is 390 g/mol. The lowest BCUT2D eigenvalue weighted by molar-refractivity contribution is 0.198. The van der Waals surface area contributed by atoms with Crippen molar-refractivity contribution in [3.63, 3.8) is 0 Å². The second kappa shape index (κ2) is 8.73. The van der Waals surface area contributed by atoms with Crippen LogP contribution in [0.25, 0.3) is 22.8 Å². The molecular formula is C24H25N5O2. The van der Waals surface area contributed by atoms with Crippen molar-refractivity contribution in [1.82, 2.24) is 24.8 Å². The first-order valence-electron chi connectivity index (χ1n) is 10.7. The fraction of sp³-hybridized carbons (Fsp3) is 0.292. The molecule has 0 N–H and O–H groups in total. The topological polar surface area (TPSA) is 69.2 Å². The second-order valence-corrected chi connectivity index (χ2v) is 7.75. The molecule has 7 heteroatoms. The number of aromatic nitrogens is 4. The largest absolute Gasteiger partial charge is 0.488 e.